The summed E-state index contributed by atoms with van der Waals surface area (Å²) < 4.78 is 9.99. The number of methoxy groups -OCH3 is 2. The quantitative estimate of drug-likeness (QED) is 0.803. The normalized spacial score (nSPS) is 19.7. The second kappa shape index (κ2) is 8.71. The first kappa shape index (κ1) is 19.6. The summed E-state index contributed by atoms with van der Waals surface area (Å²) >= 11 is 0. The summed E-state index contributed by atoms with van der Waals surface area (Å²) in [5.74, 6) is -0.122. The number of piperidine rings is 2. The zero-order chi connectivity index (χ0) is 19.4. The number of carbonyl (C=O) groups excluding carboxylic acids is 2. The van der Waals surface area contributed by atoms with Crippen molar-refractivity contribution in [2.24, 2.45) is 0 Å². The number of hydrogen-bond donors (Lipinski definition) is 1. The van der Waals surface area contributed by atoms with Crippen LogP contribution >= 0.6 is 0 Å². The molecule has 2 fully saturated rings. The molecule has 0 aliphatic carbocycles. The molecule has 2 aliphatic heterocycles. The predicted octanol–water partition coefficient (Wildman–Crippen LogP) is 1.54. The van der Waals surface area contributed by atoms with Gasteiger partial charge in [-0.05, 0) is 43.9 Å². The summed E-state index contributed by atoms with van der Waals surface area (Å²) in [6.07, 6.45) is 3.35. The number of rotatable bonds is 4. The summed E-state index contributed by atoms with van der Waals surface area (Å²) in [4.78, 5) is 29.1. The minimum atomic E-state index is -0.492. The van der Waals surface area contributed by atoms with Gasteiger partial charge in [-0.2, -0.15) is 0 Å². The van der Waals surface area contributed by atoms with Gasteiger partial charge in [-0.25, -0.2) is 4.79 Å². The number of hydrogen-bond acceptors (Lipinski definition) is 6. The van der Waals surface area contributed by atoms with Crippen molar-refractivity contribution in [3.05, 3.63) is 29.3 Å². The second-order valence-electron chi connectivity index (χ2n) is 7.23. The van der Waals surface area contributed by atoms with E-state index in [9.17, 15) is 14.7 Å². The maximum atomic E-state index is 12.9. The number of ether oxygens (including phenoxy) is 2. The smallest absolute Gasteiger partial charge is 0.338 e. The van der Waals surface area contributed by atoms with Crippen molar-refractivity contribution in [2.75, 3.05) is 40.4 Å². The molecule has 0 spiro atoms. The zero-order valence-corrected chi connectivity index (χ0v) is 16.0. The van der Waals surface area contributed by atoms with E-state index in [0.717, 1.165) is 38.8 Å². The van der Waals surface area contributed by atoms with E-state index < -0.39 is 5.97 Å². The molecule has 2 heterocycles. The zero-order valence-electron chi connectivity index (χ0n) is 16.0. The molecular weight excluding hydrogens is 348 g/mol. The van der Waals surface area contributed by atoms with Crippen LogP contribution in [0.2, 0.25) is 0 Å². The Bertz CT molecular complexity index is 677. The largest absolute Gasteiger partial charge is 0.497 e. The van der Waals surface area contributed by atoms with Crippen LogP contribution in [-0.4, -0.2) is 79.3 Å². The standard InChI is InChI=1S/C20H28N2O5/c1-26-18-12-14(11-15(13-18)20(25)27-2)19(24)22-7-3-16(4-8-22)21-9-5-17(23)6-10-21/h11-13,16-17,23H,3-10H2,1-2H3. The van der Waals surface area contributed by atoms with E-state index in [4.69, 9.17) is 9.47 Å². The summed E-state index contributed by atoms with van der Waals surface area (Å²) in [5.41, 5.74) is 0.747. The number of amides is 1. The van der Waals surface area contributed by atoms with Crippen molar-refractivity contribution < 1.29 is 24.2 Å². The van der Waals surface area contributed by atoms with Crippen molar-refractivity contribution in [1.29, 1.82) is 0 Å². The molecule has 0 unspecified atom stereocenters. The monoisotopic (exact) mass is 376 g/mol. The highest BCUT2D eigenvalue weighted by Gasteiger charge is 2.30. The average Bonchev–Trinajstić information content (AvgIpc) is 2.73. The van der Waals surface area contributed by atoms with Gasteiger partial charge in [0.2, 0.25) is 0 Å². The Hall–Kier alpha value is -2.12. The van der Waals surface area contributed by atoms with Crippen LogP contribution in [0.25, 0.3) is 0 Å². The molecule has 0 saturated carbocycles. The number of carbonyl (C=O) groups is 2. The molecule has 3 rings (SSSR count). The van der Waals surface area contributed by atoms with Crippen molar-refractivity contribution in [1.82, 2.24) is 9.80 Å². The first-order valence-electron chi connectivity index (χ1n) is 9.50. The molecule has 2 saturated heterocycles. The Morgan fingerprint density at radius 1 is 0.963 bits per heavy atom. The summed E-state index contributed by atoms with van der Waals surface area (Å²) in [5, 5.41) is 9.67. The molecule has 0 aromatic heterocycles. The third kappa shape index (κ3) is 4.59. The molecule has 7 heteroatoms. The van der Waals surface area contributed by atoms with Crippen molar-refractivity contribution in [3.8, 4) is 5.75 Å². The molecular formula is C20H28N2O5. The van der Waals surface area contributed by atoms with Gasteiger partial charge >= 0.3 is 5.97 Å². The highest BCUT2D eigenvalue weighted by Crippen LogP contribution is 2.24. The van der Waals surface area contributed by atoms with Crippen LogP contribution in [0.5, 0.6) is 5.75 Å². The van der Waals surface area contributed by atoms with Crippen LogP contribution in [0.15, 0.2) is 18.2 Å². The van der Waals surface area contributed by atoms with Crippen LogP contribution in [-0.2, 0) is 4.74 Å². The van der Waals surface area contributed by atoms with Gasteiger partial charge < -0.3 is 24.4 Å². The van der Waals surface area contributed by atoms with Crippen LogP contribution < -0.4 is 4.74 Å². The topological polar surface area (TPSA) is 79.3 Å². The third-order valence-electron chi connectivity index (χ3n) is 5.58. The summed E-state index contributed by atoms with van der Waals surface area (Å²) in [7, 11) is 2.82. The molecule has 1 aromatic carbocycles. The molecule has 1 N–H and O–H groups in total. The van der Waals surface area contributed by atoms with E-state index in [0.29, 0.717) is 36.0 Å². The molecule has 0 bridgehead atoms. The maximum Gasteiger partial charge on any atom is 0.338 e. The fourth-order valence-corrected chi connectivity index (χ4v) is 3.94. The van der Waals surface area contributed by atoms with Crippen molar-refractivity contribution >= 4 is 11.9 Å². The fourth-order valence-electron chi connectivity index (χ4n) is 3.94. The number of aliphatic hydroxyl groups excluding tert-OH is 1. The van der Waals surface area contributed by atoms with Gasteiger partial charge in [-0.1, -0.05) is 0 Å². The Morgan fingerprint density at radius 2 is 1.59 bits per heavy atom. The third-order valence-corrected chi connectivity index (χ3v) is 5.58. The van der Waals surface area contributed by atoms with Gasteiger partial charge in [0.15, 0.2) is 0 Å². The van der Waals surface area contributed by atoms with Crippen LogP contribution in [0, 0.1) is 0 Å². The number of nitrogens with zero attached hydrogens (tertiary/aromatic N) is 2. The maximum absolute atomic E-state index is 12.9. The number of esters is 1. The summed E-state index contributed by atoms with van der Waals surface area (Å²) in [6.45, 7) is 3.23. The highest BCUT2D eigenvalue weighted by atomic mass is 16.5. The highest BCUT2D eigenvalue weighted by molar-refractivity contribution is 5.98. The van der Waals surface area contributed by atoms with Gasteiger partial charge in [-0.15, -0.1) is 0 Å². The number of aliphatic hydroxyl groups is 1. The Labute approximate surface area is 159 Å². The van der Waals surface area contributed by atoms with Crippen molar-refractivity contribution in [2.45, 2.75) is 37.8 Å². The van der Waals surface area contributed by atoms with E-state index >= 15 is 0 Å². The summed E-state index contributed by atoms with van der Waals surface area (Å²) in [6, 6.07) is 5.26. The molecule has 148 valence electrons. The molecule has 2 aliphatic rings. The Balaban J connectivity index is 1.64. The van der Waals surface area contributed by atoms with E-state index in [-0.39, 0.29) is 12.0 Å². The molecule has 7 nitrogen and oxygen atoms in total. The second-order valence-corrected chi connectivity index (χ2v) is 7.23. The van der Waals surface area contributed by atoms with Gasteiger partial charge in [-0.3, -0.25) is 4.79 Å². The lowest BCUT2D eigenvalue weighted by atomic mass is 9.98. The molecule has 1 amide bonds. The first-order chi connectivity index (χ1) is 13.0. The lowest BCUT2D eigenvalue weighted by molar-refractivity contribution is 0.0357. The van der Waals surface area contributed by atoms with Gasteiger partial charge in [0, 0.05) is 37.8 Å². The lowest BCUT2D eigenvalue weighted by Gasteiger charge is -2.41. The van der Waals surface area contributed by atoms with Gasteiger partial charge in [0.25, 0.3) is 5.91 Å². The molecule has 27 heavy (non-hydrogen) atoms. The SMILES string of the molecule is COC(=O)c1cc(OC)cc(C(=O)N2CCC(N3CCC(O)CC3)CC2)c1. The van der Waals surface area contributed by atoms with E-state index in [1.54, 1.807) is 18.2 Å². The van der Waals surface area contributed by atoms with Crippen LogP contribution in [0.3, 0.4) is 0 Å². The first-order valence-corrected chi connectivity index (χ1v) is 9.50. The van der Waals surface area contributed by atoms with Crippen molar-refractivity contribution in [3.63, 3.8) is 0 Å². The minimum Gasteiger partial charge on any atom is -0.497 e. The lowest BCUT2D eigenvalue weighted by Crippen LogP contribution is -2.49. The minimum absolute atomic E-state index is 0.0911. The van der Waals surface area contributed by atoms with Gasteiger partial charge in [0.05, 0.1) is 25.9 Å². The van der Waals surface area contributed by atoms with E-state index in [1.807, 2.05) is 4.90 Å². The van der Waals surface area contributed by atoms with Gasteiger partial charge in [0.1, 0.15) is 5.75 Å². The van der Waals surface area contributed by atoms with Crippen LogP contribution in [0.1, 0.15) is 46.4 Å². The average molecular weight is 376 g/mol. The van der Waals surface area contributed by atoms with E-state index in [1.165, 1.54) is 14.2 Å². The molecule has 0 radical (unpaired) electrons. The Morgan fingerprint density at radius 3 is 2.19 bits per heavy atom. The predicted molar refractivity (Wildman–Crippen MR) is 100 cm³/mol. The number of benzene rings is 1. The Kier molecular flexibility index (Phi) is 6.34. The van der Waals surface area contributed by atoms with Crippen LogP contribution in [0.4, 0.5) is 0 Å². The fraction of sp³-hybridized carbons (Fsp3) is 0.600. The van der Waals surface area contributed by atoms with E-state index in [2.05, 4.69) is 4.90 Å². The molecule has 1 aromatic rings. The number of likely N-dealkylation sites (tertiary alicyclic amines) is 2. The molecule has 0 atom stereocenters.